The second-order valence-electron chi connectivity index (χ2n) is 21.4. The molecule has 0 radical (unpaired) electrons. The normalized spacial score (nSPS) is 10.9. The second-order valence-corrected chi connectivity index (χ2v) is 21.4. The fourth-order valence-corrected chi connectivity index (χ4v) is 8.51. The Kier molecular flexibility index (Phi) is 32.8. The van der Waals surface area contributed by atoms with Crippen molar-refractivity contribution in [2.75, 3.05) is 144 Å². The van der Waals surface area contributed by atoms with Crippen molar-refractivity contribution >= 4 is 59.1 Å². The summed E-state index contributed by atoms with van der Waals surface area (Å²) in [5.41, 5.74) is 4.29. The monoisotopic (exact) mass is 1370 g/mol. The van der Waals surface area contributed by atoms with Crippen molar-refractivity contribution in [3.05, 3.63) is 130 Å². The molecule has 0 aromatic carbocycles. The molecular formula is C56H81N19O22. The van der Waals surface area contributed by atoms with E-state index < -0.39 is 183 Å². The van der Waals surface area contributed by atoms with Gasteiger partial charge in [-0.3, -0.25) is 105 Å². The smallest absolute Gasteiger partial charge is 0.328 e. The highest BCUT2D eigenvalue weighted by atomic mass is 16.5. The van der Waals surface area contributed by atoms with E-state index >= 15 is 0 Å². The molecule has 0 atom stereocenters. The average molecular weight is 1370 g/mol. The Hall–Kier alpha value is -10.8. The molecule has 41 nitrogen and oxygen atoms in total. The molecule has 10 amide bonds. The largest absolute Gasteiger partial charge is 0.378 e. The lowest BCUT2D eigenvalue weighted by molar-refractivity contribution is -0.138. The summed E-state index contributed by atoms with van der Waals surface area (Å²) < 4.78 is 24.6. The quantitative estimate of drug-likeness (QED) is 0.0183. The number of nitrogens with two attached hydrogens (primary N) is 2. The number of primary amides is 1. The van der Waals surface area contributed by atoms with Gasteiger partial charge in [0, 0.05) is 112 Å². The van der Waals surface area contributed by atoms with Crippen molar-refractivity contribution in [3.8, 4) is 0 Å². The number of carbonyl (C=O) groups is 10. The van der Waals surface area contributed by atoms with Crippen LogP contribution in [0.4, 0.5) is 0 Å². The van der Waals surface area contributed by atoms with Crippen LogP contribution in [-0.4, -0.2) is 261 Å². The maximum atomic E-state index is 13.9. The van der Waals surface area contributed by atoms with Gasteiger partial charge in [-0.2, -0.15) is 0 Å². The minimum atomic E-state index is -0.986. The van der Waals surface area contributed by atoms with Crippen molar-refractivity contribution in [2.24, 2.45) is 11.5 Å². The number of H-pyrrole nitrogens is 4. The maximum absolute atomic E-state index is 13.9. The lowest BCUT2D eigenvalue weighted by Gasteiger charge is -2.26. The summed E-state index contributed by atoms with van der Waals surface area (Å²) in [7, 11) is 0. The number of hydrogen-bond acceptors (Lipinski definition) is 23. The third kappa shape index (κ3) is 28.4. The van der Waals surface area contributed by atoms with Gasteiger partial charge in [0.25, 0.3) is 22.2 Å². The third-order valence-electron chi connectivity index (χ3n) is 13.6. The molecule has 41 heteroatoms. The molecule has 0 bridgehead atoms. The zero-order chi connectivity index (χ0) is 71.7. The van der Waals surface area contributed by atoms with Crippen molar-refractivity contribution in [2.45, 2.75) is 53.9 Å². The van der Waals surface area contributed by atoms with E-state index in [1.165, 1.54) is 27.7 Å². The number of nitrogens with one attached hydrogen (secondary N) is 9. The van der Waals surface area contributed by atoms with Crippen molar-refractivity contribution < 1.29 is 66.9 Å². The number of nitrogens with zero attached hydrogens (tertiary/aromatic N) is 8. The van der Waals surface area contributed by atoms with Gasteiger partial charge in [-0.05, 0) is 27.7 Å². The standard InChI is InChI=1S/C56H81N19O22/c1-35-21-72(53(90)64-49(35)86)29-45(82)68(25-39(58)76)11-6-59-40(77)26-69(46(83)30-73-22-36(2)50(87)65-54(73)91)12-7-60-41(78)27-70(47(84)31-74-23-37(3)51(88)66-55(74)92)13-8-61-42(79)28-71(48(85)32-75-24-38(4)52(89)67-56(75)93)14-9-62-43(80)33-97-20-18-95-16-10-63-44(81)34-96-19-17-94-15-5-57/h21-24H,5-20,25-34,57H2,1-4H3,(H2,58,76)(H,59,77)(H,60,78)(H,61,79)(H,62,80)(H,63,81)(H,64,86,90)(H,65,87,91)(H,66,88,92)(H,67,89,93). The van der Waals surface area contributed by atoms with Crippen molar-refractivity contribution in [1.29, 1.82) is 0 Å². The minimum absolute atomic E-state index is 0.0187. The molecule has 0 unspecified atom stereocenters. The van der Waals surface area contributed by atoms with Gasteiger partial charge in [-0.25, -0.2) is 19.2 Å². The first kappa shape index (κ1) is 78.7. The molecule has 4 aromatic heterocycles. The summed E-state index contributed by atoms with van der Waals surface area (Å²) in [5, 5.41) is 12.6. The summed E-state index contributed by atoms with van der Waals surface area (Å²) in [6.45, 7) is -2.28. The highest BCUT2D eigenvalue weighted by molar-refractivity contribution is 5.87. The van der Waals surface area contributed by atoms with E-state index in [1.807, 2.05) is 4.98 Å². The summed E-state index contributed by atoms with van der Waals surface area (Å²) in [6, 6.07) is 0. The van der Waals surface area contributed by atoms with Crippen LogP contribution >= 0.6 is 0 Å². The molecule has 4 aromatic rings. The summed E-state index contributed by atoms with van der Waals surface area (Å²) in [5.74, 6) is -8.00. The van der Waals surface area contributed by atoms with E-state index in [2.05, 4.69) is 41.5 Å². The van der Waals surface area contributed by atoms with Crippen LogP contribution in [0.1, 0.15) is 22.3 Å². The summed E-state index contributed by atoms with van der Waals surface area (Å²) >= 11 is 0. The Morgan fingerprint density at radius 1 is 0.371 bits per heavy atom. The van der Waals surface area contributed by atoms with Crippen LogP contribution in [0.5, 0.6) is 0 Å². The Bertz CT molecular complexity index is 3940. The van der Waals surface area contributed by atoms with Gasteiger partial charge in [-0.1, -0.05) is 0 Å². The predicted octanol–water partition coefficient (Wildman–Crippen LogP) is -11.2. The topological polar surface area (TPSA) is 552 Å². The van der Waals surface area contributed by atoms with E-state index in [0.717, 1.165) is 62.7 Å². The highest BCUT2D eigenvalue weighted by Gasteiger charge is 2.25. The molecule has 13 N–H and O–H groups in total. The lowest BCUT2D eigenvalue weighted by atomic mass is 10.3. The molecule has 4 rings (SSSR count). The van der Waals surface area contributed by atoms with E-state index in [4.69, 9.17) is 30.4 Å². The lowest BCUT2D eigenvalue weighted by Crippen LogP contribution is -2.50. The molecule has 97 heavy (non-hydrogen) atoms. The average Bonchev–Trinajstić information content (AvgIpc) is 0.978. The van der Waals surface area contributed by atoms with Gasteiger partial charge < -0.3 is 76.6 Å². The van der Waals surface area contributed by atoms with Crippen LogP contribution in [0, 0.1) is 27.7 Å². The number of rotatable bonds is 43. The molecule has 532 valence electrons. The predicted molar refractivity (Wildman–Crippen MR) is 337 cm³/mol. The molecule has 0 fully saturated rings. The van der Waals surface area contributed by atoms with E-state index in [0.29, 0.717) is 19.8 Å². The zero-order valence-corrected chi connectivity index (χ0v) is 53.9. The van der Waals surface area contributed by atoms with Crippen molar-refractivity contribution in [1.82, 2.24) is 84.4 Å². The van der Waals surface area contributed by atoms with Gasteiger partial charge >= 0.3 is 22.8 Å². The molecule has 0 aliphatic rings. The number of amides is 10. The van der Waals surface area contributed by atoms with Crippen LogP contribution < -0.4 is 83.0 Å². The van der Waals surface area contributed by atoms with Gasteiger partial charge in [-0.15, -0.1) is 0 Å². The number of aromatic nitrogens is 8. The second kappa shape index (κ2) is 40.5. The third-order valence-corrected chi connectivity index (χ3v) is 13.6. The fraction of sp³-hybridized carbons (Fsp3) is 0.536. The van der Waals surface area contributed by atoms with E-state index in [1.54, 1.807) is 0 Å². The fourth-order valence-electron chi connectivity index (χ4n) is 8.51. The maximum Gasteiger partial charge on any atom is 0.328 e. The molecule has 0 spiro atoms. The van der Waals surface area contributed by atoms with E-state index in [9.17, 15) is 86.3 Å². The zero-order valence-electron chi connectivity index (χ0n) is 53.9. The molecule has 4 heterocycles. The molecule has 0 saturated heterocycles. The first-order valence-corrected chi connectivity index (χ1v) is 30.0. The molecule has 0 aliphatic carbocycles. The van der Waals surface area contributed by atoms with Crippen LogP contribution in [0.3, 0.4) is 0 Å². The van der Waals surface area contributed by atoms with Crippen LogP contribution in [0.2, 0.25) is 0 Å². The summed E-state index contributed by atoms with van der Waals surface area (Å²) in [6.07, 6.45) is 4.45. The number of ether oxygens (including phenoxy) is 4. The first-order chi connectivity index (χ1) is 46.0. The molecule has 0 aliphatic heterocycles. The number of hydrogen-bond donors (Lipinski definition) is 11. The Morgan fingerprint density at radius 3 is 0.918 bits per heavy atom. The van der Waals surface area contributed by atoms with Crippen LogP contribution in [0.15, 0.2) is 63.1 Å². The number of carbonyl (C=O) groups excluding carboxylic acids is 10. The SMILES string of the molecule is Cc1cn(CC(=O)N(CCNC(=O)CN(CCNC(=O)CN(CCNC(=O)CN(CCNC(=O)COCCOCCNC(=O)COCCOCCN)C(=O)Cn2cc(C)c(=O)[nH]c2=O)C(=O)Cn2cc(C)c(=O)[nH]c2=O)C(=O)Cn2cc(C)c(=O)[nH]c2=O)CC(N)=O)c(=O)[nH]c1=O. The van der Waals surface area contributed by atoms with Crippen LogP contribution in [0.25, 0.3) is 0 Å². The minimum Gasteiger partial charge on any atom is -0.378 e. The Morgan fingerprint density at radius 2 is 0.629 bits per heavy atom. The summed E-state index contributed by atoms with van der Waals surface area (Å²) in [4.78, 5) is 242. The van der Waals surface area contributed by atoms with Gasteiger partial charge in [0.05, 0.1) is 65.8 Å². The van der Waals surface area contributed by atoms with Crippen molar-refractivity contribution in [3.63, 3.8) is 0 Å². The number of aryl methyl sites for hydroxylation is 4. The molecule has 0 saturated carbocycles. The number of aromatic amines is 4. The Balaban J connectivity index is 1.42. The molecular weight excluding hydrogens is 1290 g/mol. The van der Waals surface area contributed by atoms with Gasteiger partial charge in [0.15, 0.2) is 0 Å². The van der Waals surface area contributed by atoms with Gasteiger partial charge in [0.1, 0.15) is 39.4 Å². The van der Waals surface area contributed by atoms with E-state index in [-0.39, 0.29) is 93.9 Å². The Labute approximate surface area is 549 Å². The van der Waals surface area contributed by atoms with Gasteiger partial charge in [0.2, 0.25) is 59.1 Å². The van der Waals surface area contributed by atoms with Crippen LogP contribution in [-0.2, 0) is 93.1 Å². The highest BCUT2D eigenvalue weighted by Crippen LogP contribution is 2.01. The first-order valence-electron chi connectivity index (χ1n) is 30.0.